The average Bonchev–Trinajstić information content (AvgIpc) is 3.07. The van der Waals surface area contributed by atoms with Crippen LogP contribution in [0.2, 0.25) is 0 Å². The zero-order chi connectivity index (χ0) is 22.6. The van der Waals surface area contributed by atoms with Crippen molar-refractivity contribution in [2.75, 3.05) is 0 Å². The van der Waals surface area contributed by atoms with Crippen LogP contribution in [-0.4, -0.2) is 33.1 Å². The van der Waals surface area contributed by atoms with Gasteiger partial charge in [0.1, 0.15) is 0 Å². The predicted molar refractivity (Wildman–Crippen MR) is 127 cm³/mol. The fraction of sp³-hybridized carbons (Fsp3) is 1.00. The molecule has 0 amide bonds. The lowest BCUT2D eigenvalue weighted by Gasteiger charge is -2.62. The van der Waals surface area contributed by atoms with Crippen LogP contribution in [0.25, 0.3) is 0 Å². The fourth-order valence-corrected chi connectivity index (χ4v) is 9.49. The van der Waals surface area contributed by atoms with Gasteiger partial charge in [-0.3, -0.25) is 0 Å². The molecule has 0 spiro atoms. The van der Waals surface area contributed by atoms with Crippen molar-refractivity contribution in [3.05, 3.63) is 0 Å². The second-order valence-electron chi connectivity index (χ2n) is 13.2. The molecule has 1 unspecified atom stereocenters. The maximum absolute atomic E-state index is 11.6. The molecule has 0 aromatic rings. The maximum Gasteiger partial charge on any atom is 0.0653 e. The van der Waals surface area contributed by atoms with Crippen molar-refractivity contribution in [3.63, 3.8) is 0 Å². The first-order chi connectivity index (χ1) is 14.5. The Morgan fingerprint density at radius 2 is 1.61 bits per heavy atom. The summed E-state index contributed by atoms with van der Waals surface area (Å²) in [5, 5.41) is 33.1. The van der Waals surface area contributed by atoms with Crippen LogP contribution in [0.1, 0.15) is 112 Å². The van der Waals surface area contributed by atoms with Crippen LogP contribution in [0.4, 0.5) is 0 Å². The Balaban J connectivity index is 1.50. The third-order valence-corrected chi connectivity index (χ3v) is 11.5. The molecule has 0 bridgehead atoms. The molecule has 3 heteroatoms. The van der Waals surface area contributed by atoms with E-state index in [1.54, 1.807) is 0 Å². The number of rotatable bonds is 6. The molecule has 11 atom stereocenters. The molecule has 4 aliphatic carbocycles. The van der Waals surface area contributed by atoms with Gasteiger partial charge in [-0.05, 0) is 111 Å². The van der Waals surface area contributed by atoms with Gasteiger partial charge in [0.15, 0.2) is 0 Å². The third-order valence-electron chi connectivity index (χ3n) is 11.5. The van der Waals surface area contributed by atoms with Crippen molar-refractivity contribution in [1.29, 1.82) is 0 Å². The SMILES string of the molecule is CCC(C)CCC[C@](C)(O)[C@H]1CC[C@H]2[C@@H]3C[C@H](O)[C@H]4C[C@@H](O)CC[C@]4(C)[C@H]3CC[C@@]21C. The number of hydrogen-bond donors (Lipinski definition) is 3. The molecule has 4 rings (SSSR count). The first-order valence-electron chi connectivity index (χ1n) is 13.6. The van der Waals surface area contributed by atoms with Gasteiger partial charge in [-0.15, -0.1) is 0 Å². The summed E-state index contributed by atoms with van der Waals surface area (Å²) >= 11 is 0. The fourth-order valence-electron chi connectivity index (χ4n) is 9.49. The van der Waals surface area contributed by atoms with Gasteiger partial charge in [-0.1, -0.05) is 47.0 Å². The lowest BCUT2D eigenvalue weighted by Crippen LogP contribution is -2.59. The largest absolute Gasteiger partial charge is 0.393 e. The van der Waals surface area contributed by atoms with Gasteiger partial charge in [0.2, 0.25) is 0 Å². The van der Waals surface area contributed by atoms with E-state index in [1.165, 1.54) is 32.1 Å². The highest BCUT2D eigenvalue weighted by molar-refractivity contribution is 5.13. The molecule has 3 nitrogen and oxygen atoms in total. The Hall–Kier alpha value is -0.120. The Morgan fingerprint density at radius 3 is 2.32 bits per heavy atom. The second kappa shape index (κ2) is 8.58. The van der Waals surface area contributed by atoms with Crippen LogP contribution < -0.4 is 0 Å². The van der Waals surface area contributed by atoms with E-state index in [0.717, 1.165) is 50.9 Å². The maximum atomic E-state index is 11.6. The van der Waals surface area contributed by atoms with E-state index in [2.05, 4.69) is 34.6 Å². The molecule has 0 radical (unpaired) electrons. The van der Waals surface area contributed by atoms with E-state index in [0.29, 0.717) is 23.7 Å². The van der Waals surface area contributed by atoms with E-state index >= 15 is 0 Å². The summed E-state index contributed by atoms with van der Waals surface area (Å²) in [7, 11) is 0. The van der Waals surface area contributed by atoms with Gasteiger partial charge in [0, 0.05) is 0 Å². The summed E-state index contributed by atoms with van der Waals surface area (Å²) in [5.41, 5.74) is -0.184. The molecule has 4 fully saturated rings. The predicted octanol–water partition coefficient (Wildman–Crippen LogP) is 5.94. The average molecular weight is 435 g/mol. The third kappa shape index (κ3) is 4.03. The molecule has 180 valence electrons. The van der Waals surface area contributed by atoms with Crippen LogP contribution in [0.15, 0.2) is 0 Å². The van der Waals surface area contributed by atoms with Crippen molar-refractivity contribution < 1.29 is 15.3 Å². The minimum Gasteiger partial charge on any atom is -0.393 e. The molecule has 0 heterocycles. The van der Waals surface area contributed by atoms with Crippen molar-refractivity contribution >= 4 is 0 Å². The number of hydrogen-bond acceptors (Lipinski definition) is 3. The summed E-state index contributed by atoms with van der Waals surface area (Å²) in [4.78, 5) is 0. The van der Waals surface area contributed by atoms with Crippen LogP contribution in [0.3, 0.4) is 0 Å². The normalized spacial score (nSPS) is 50.1. The summed E-state index contributed by atoms with van der Waals surface area (Å²) in [6, 6.07) is 0. The van der Waals surface area contributed by atoms with Crippen LogP contribution in [-0.2, 0) is 0 Å². The molecule has 0 aromatic heterocycles. The zero-order valence-electron chi connectivity index (χ0n) is 20.9. The van der Waals surface area contributed by atoms with E-state index in [4.69, 9.17) is 0 Å². The van der Waals surface area contributed by atoms with Gasteiger partial charge in [-0.2, -0.15) is 0 Å². The van der Waals surface area contributed by atoms with E-state index < -0.39 is 5.60 Å². The van der Waals surface area contributed by atoms with E-state index in [9.17, 15) is 15.3 Å². The van der Waals surface area contributed by atoms with Crippen molar-refractivity contribution in [1.82, 2.24) is 0 Å². The monoisotopic (exact) mass is 434 g/mol. The lowest BCUT2D eigenvalue weighted by molar-refractivity contribution is -0.179. The highest BCUT2D eigenvalue weighted by Crippen LogP contribution is 2.68. The van der Waals surface area contributed by atoms with Gasteiger partial charge >= 0.3 is 0 Å². The number of fused-ring (bicyclic) bond motifs is 5. The first-order valence-corrected chi connectivity index (χ1v) is 13.6. The molecule has 3 N–H and O–H groups in total. The van der Waals surface area contributed by atoms with Crippen molar-refractivity contribution in [3.8, 4) is 0 Å². The summed E-state index contributed by atoms with van der Waals surface area (Å²) in [6.07, 6.45) is 12.5. The second-order valence-corrected chi connectivity index (χ2v) is 13.2. The molecule has 31 heavy (non-hydrogen) atoms. The standard InChI is InChI=1S/C28H50O3/c1-6-18(2)8-7-13-28(5,31)25-10-9-21-20-17-24(30)23-16-19(29)11-14-26(23,3)22(20)12-15-27(21,25)4/h18-25,29-31H,6-17H2,1-5H3/t18?,19-,20-,21-,22-,23+,24-,25-,26+,27-,28-/m0/s1. The molecule has 0 aliphatic heterocycles. The molecule has 0 aromatic carbocycles. The topological polar surface area (TPSA) is 60.7 Å². The molecule has 4 saturated carbocycles. The molecular formula is C28H50O3. The Labute approximate surface area is 191 Å². The lowest BCUT2D eigenvalue weighted by atomic mass is 9.43. The minimum atomic E-state index is -0.571. The van der Waals surface area contributed by atoms with Gasteiger partial charge in [0.05, 0.1) is 17.8 Å². The van der Waals surface area contributed by atoms with Gasteiger partial charge < -0.3 is 15.3 Å². The summed E-state index contributed by atoms with van der Waals surface area (Å²) in [6.45, 7) is 11.6. The molecular weight excluding hydrogens is 384 g/mol. The highest BCUT2D eigenvalue weighted by Gasteiger charge is 2.63. The first kappa shape index (κ1) is 24.0. The summed E-state index contributed by atoms with van der Waals surface area (Å²) < 4.78 is 0. The number of aliphatic hydroxyl groups is 3. The quantitative estimate of drug-likeness (QED) is 0.484. The highest BCUT2D eigenvalue weighted by atomic mass is 16.3. The van der Waals surface area contributed by atoms with Gasteiger partial charge in [0.25, 0.3) is 0 Å². The van der Waals surface area contributed by atoms with Gasteiger partial charge in [-0.25, -0.2) is 0 Å². The Kier molecular flexibility index (Phi) is 6.65. The molecule has 4 aliphatic rings. The Morgan fingerprint density at radius 1 is 0.935 bits per heavy atom. The Bertz CT molecular complexity index is 632. The van der Waals surface area contributed by atoms with E-state index in [1.807, 2.05) is 0 Å². The van der Waals surface area contributed by atoms with Crippen LogP contribution >= 0.6 is 0 Å². The van der Waals surface area contributed by atoms with Crippen LogP contribution in [0.5, 0.6) is 0 Å². The smallest absolute Gasteiger partial charge is 0.0653 e. The van der Waals surface area contributed by atoms with Crippen LogP contribution in [0, 0.1) is 46.3 Å². The summed E-state index contributed by atoms with van der Waals surface area (Å²) in [5.74, 6) is 3.31. The van der Waals surface area contributed by atoms with E-state index in [-0.39, 0.29) is 29.0 Å². The number of aliphatic hydroxyl groups excluding tert-OH is 2. The van der Waals surface area contributed by atoms with Crippen molar-refractivity contribution in [2.24, 2.45) is 46.3 Å². The zero-order valence-corrected chi connectivity index (χ0v) is 20.9. The molecule has 0 saturated heterocycles. The minimum absolute atomic E-state index is 0.180. The van der Waals surface area contributed by atoms with Crippen molar-refractivity contribution in [2.45, 2.75) is 129 Å².